The van der Waals surface area contributed by atoms with Crippen molar-refractivity contribution in [3.8, 4) is 105 Å². The fraction of sp³-hybridized carbons (Fsp3) is 0.0690. The summed E-state index contributed by atoms with van der Waals surface area (Å²) >= 11 is 6.91. The zero-order valence-corrected chi connectivity index (χ0v) is 78.5. The minimum Gasteiger partial charge on any atom is -0.497 e. The molecule has 0 bridgehead atoms. The molecule has 3 aliphatic rings. The van der Waals surface area contributed by atoms with Crippen LogP contribution in [0.15, 0.2) is 401 Å². The van der Waals surface area contributed by atoms with E-state index in [4.69, 9.17) is 44.5 Å². The van der Waals surface area contributed by atoms with Gasteiger partial charge in [-0.05, 0) is 372 Å². The van der Waals surface area contributed by atoms with Crippen molar-refractivity contribution >= 4 is 154 Å². The van der Waals surface area contributed by atoms with E-state index in [1.54, 1.807) is 103 Å². The third kappa shape index (κ3) is 16.4. The van der Waals surface area contributed by atoms with Crippen LogP contribution in [0.25, 0.3) is 63.3 Å². The SMILES string of the molecule is [C-]#[N+]C(C#N)=C1c2cc(-c3ccc(-c4ccc(N5c6ccc(N(c7ccc(OC)cc7)c7ccc(OC)cc7)cc6Sc6cc(N(c7ccc(OC)cc7)c7ccc(OC)cc7)ccc65)cc4)s3)ccc2-c2ccc(-c3ccc(-c4ccc(N5c6ccc(N(c7ccc(OC)cc7)c7ccc(OC)cc7)cc6Sc6cc(N(c7ccc(OC)cc7)c7ccc(OC)cc7)ccc65)cc4)s3)cc21. The molecule has 1 aliphatic carbocycles. The van der Waals surface area contributed by atoms with E-state index in [2.05, 4.69) is 319 Å². The topological polar surface area (TPSA) is 121 Å². The normalized spacial score (nSPS) is 11.9. The van der Waals surface area contributed by atoms with Crippen LogP contribution in [0.4, 0.5) is 102 Å². The van der Waals surface area contributed by atoms with Crippen LogP contribution in [-0.4, -0.2) is 56.9 Å². The van der Waals surface area contributed by atoms with E-state index in [-0.39, 0.29) is 5.70 Å². The zero-order chi connectivity index (χ0) is 92.6. The zero-order valence-electron chi connectivity index (χ0n) is 75.3. The highest BCUT2D eigenvalue weighted by Crippen LogP contribution is 2.59. The number of hydrogen-bond acceptors (Lipinski definition) is 19. The molecule has 0 saturated carbocycles. The molecular formula is C116H86N8O8S4. The molecule has 20 heteroatoms. The van der Waals surface area contributed by atoms with Gasteiger partial charge in [0.05, 0.1) is 92.3 Å². The molecule has 662 valence electrons. The molecule has 16 nitrogen and oxygen atoms in total. The van der Waals surface area contributed by atoms with Gasteiger partial charge in [0.15, 0.2) is 0 Å². The fourth-order valence-electron chi connectivity index (χ4n) is 18.0. The summed E-state index contributed by atoms with van der Waals surface area (Å²) in [6, 6.07) is 134. The number of anilines is 18. The van der Waals surface area contributed by atoms with E-state index in [1.165, 1.54) is 0 Å². The molecule has 21 rings (SSSR count). The minimum atomic E-state index is 0.0476. The lowest BCUT2D eigenvalue weighted by atomic mass is 9.99. The number of allylic oxidation sites excluding steroid dienone is 1. The quantitative estimate of drug-likeness (QED) is 0.0377. The molecule has 0 saturated heterocycles. The number of fused-ring (bicyclic) bond motifs is 7. The van der Waals surface area contributed by atoms with Gasteiger partial charge in [0.25, 0.3) is 5.70 Å². The number of benzene rings is 16. The number of nitrogens with zero attached hydrogens (tertiary/aromatic N) is 8. The van der Waals surface area contributed by atoms with E-state index in [0.29, 0.717) is 5.57 Å². The van der Waals surface area contributed by atoms with Crippen LogP contribution in [0.3, 0.4) is 0 Å². The highest BCUT2D eigenvalue weighted by atomic mass is 32.2. The summed E-state index contributed by atoms with van der Waals surface area (Å²) in [5, 5.41) is 10.9. The first-order chi connectivity index (χ1) is 66.8. The van der Waals surface area contributed by atoms with Gasteiger partial charge in [0.1, 0.15) is 46.0 Å². The Morgan fingerprint density at radius 2 is 0.463 bits per heavy atom. The molecule has 0 N–H and O–H groups in total. The average molecular weight is 1850 g/mol. The first-order valence-corrected chi connectivity index (χ1v) is 47.2. The highest BCUT2D eigenvalue weighted by Gasteiger charge is 2.34. The Balaban J connectivity index is 0.578. The first kappa shape index (κ1) is 86.3. The summed E-state index contributed by atoms with van der Waals surface area (Å²) in [5.74, 6) is 6.14. The Hall–Kier alpha value is -16.5. The van der Waals surface area contributed by atoms with Gasteiger partial charge in [0.2, 0.25) is 0 Å². The molecule has 18 aromatic rings. The average Bonchev–Trinajstić information content (AvgIpc) is 1.11. The van der Waals surface area contributed by atoms with Crippen LogP contribution in [0.5, 0.6) is 46.0 Å². The predicted octanol–water partition coefficient (Wildman–Crippen LogP) is 32.5. The highest BCUT2D eigenvalue weighted by molar-refractivity contribution is 8.00. The second kappa shape index (κ2) is 37.3. The number of ether oxygens (including phenoxy) is 8. The van der Waals surface area contributed by atoms with Crippen molar-refractivity contribution in [2.75, 3.05) is 86.3 Å². The maximum absolute atomic E-state index is 10.9. The molecule has 2 aliphatic heterocycles. The molecule has 0 amide bonds. The van der Waals surface area contributed by atoms with Gasteiger partial charge in [-0.2, -0.15) is 0 Å². The first-order valence-electron chi connectivity index (χ1n) is 43.9. The van der Waals surface area contributed by atoms with Crippen LogP contribution in [0, 0.1) is 17.9 Å². The van der Waals surface area contributed by atoms with Crippen LogP contribution < -0.4 is 67.3 Å². The molecule has 0 spiro atoms. The largest absolute Gasteiger partial charge is 0.497 e. The Kier molecular flexibility index (Phi) is 23.7. The monoisotopic (exact) mass is 1850 g/mol. The third-order valence-electron chi connectivity index (χ3n) is 24.8. The standard InChI is InChI=1S/C116H86N8O8S4/c1-118-103(72-117)116-101-66-75(110-64-62-108(133-110)73-10-16-85(17-11-73)123-104-58-36-87(119(77-20-40-91(125-2)41-21-77)78-22-42-92(126-3)43-23-78)68-112(104)135-113-69-88(37-59-105(113)123)120(79-24-44-93(127-4)45-25-79)80-26-46-94(128-5)47-27-80)14-56-99(101)100-57-15-76(67-102(100)116)111-65-63-109(134-111)74-12-18-86(19-13-74)124-106-60-38-89(121(81-28-48-95(129-6)49-29-81)82-30-50-96(130-7)51-31-82)70-114(106)136-115-71-90(39-61-107(115)124)122(83-32-52-97(131-8)53-33-83)84-34-54-98(132-9)55-35-84/h10-71H,2-9H3. The van der Waals surface area contributed by atoms with Crippen molar-refractivity contribution in [3.05, 3.63) is 404 Å². The van der Waals surface area contributed by atoms with Gasteiger partial charge in [-0.1, -0.05) is 72.1 Å². The van der Waals surface area contributed by atoms with E-state index >= 15 is 0 Å². The smallest absolute Gasteiger partial charge is 0.270 e. The van der Waals surface area contributed by atoms with Crippen LogP contribution in [-0.2, 0) is 0 Å². The lowest BCUT2D eigenvalue weighted by Crippen LogP contribution is -2.17. The molecule has 16 aromatic carbocycles. The lowest BCUT2D eigenvalue weighted by molar-refractivity contribution is 0.414. The Labute approximate surface area is 806 Å². The van der Waals surface area contributed by atoms with E-state index in [0.717, 1.165) is 232 Å². The summed E-state index contributed by atoms with van der Waals surface area (Å²) in [6.45, 7) is 8.47. The summed E-state index contributed by atoms with van der Waals surface area (Å²) in [4.78, 5) is 26.2. The third-order valence-corrected chi connectivity index (χ3v) is 29.3. The van der Waals surface area contributed by atoms with Gasteiger partial charge in [-0.15, -0.1) is 22.7 Å². The molecule has 2 aromatic heterocycles. The molecule has 0 radical (unpaired) electrons. The number of thiophene rings is 2. The fourth-order valence-corrected chi connectivity index (χ4v) is 22.3. The Morgan fingerprint density at radius 3 is 0.676 bits per heavy atom. The Morgan fingerprint density at radius 1 is 0.250 bits per heavy atom. The van der Waals surface area contributed by atoms with Crippen LogP contribution in [0.2, 0.25) is 0 Å². The maximum atomic E-state index is 10.9. The molecule has 136 heavy (non-hydrogen) atoms. The summed E-state index contributed by atoms with van der Waals surface area (Å²) in [7, 11) is 13.5. The van der Waals surface area contributed by atoms with Crippen LogP contribution >= 0.6 is 46.2 Å². The molecular weight excluding hydrogens is 1760 g/mol. The summed E-state index contributed by atoms with van der Waals surface area (Å²) < 4.78 is 45.1. The number of rotatable bonds is 26. The summed E-state index contributed by atoms with van der Waals surface area (Å²) in [6.07, 6.45) is 0. The van der Waals surface area contributed by atoms with Gasteiger partial charge in [0, 0.05) is 124 Å². The summed E-state index contributed by atoms with van der Waals surface area (Å²) in [5.41, 5.74) is 26.2. The lowest BCUT2D eigenvalue weighted by Gasteiger charge is -2.35. The van der Waals surface area contributed by atoms with Crippen LogP contribution in [0.1, 0.15) is 11.1 Å². The second-order valence-corrected chi connectivity index (χ2v) is 36.6. The number of methoxy groups -OCH3 is 8. The molecule has 4 heterocycles. The van der Waals surface area contributed by atoms with Crippen molar-refractivity contribution in [2.45, 2.75) is 19.6 Å². The van der Waals surface area contributed by atoms with E-state index in [1.807, 2.05) is 97.1 Å². The maximum Gasteiger partial charge on any atom is 0.270 e. The van der Waals surface area contributed by atoms with E-state index < -0.39 is 0 Å². The molecule has 0 atom stereocenters. The van der Waals surface area contributed by atoms with Gasteiger partial charge >= 0.3 is 0 Å². The van der Waals surface area contributed by atoms with Crippen molar-refractivity contribution in [1.82, 2.24) is 0 Å². The Bertz CT molecular complexity index is 6720. The molecule has 0 unspecified atom stereocenters. The van der Waals surface area contributed by atoms with Crippen molar-refractivity contribution in [1.29, 1.82) is 5.26 Å². The minimum absolute atomic E-state index is 0.0476. The van der Waals surface area contributed by atoms with Gasteiger partial charge in [-0.3, -0.25) is 0 Å². The van der Waals surface area contributed by atoms with Gasteiger partial charge in [-0.25, -0.2) is 10.1 Å². The van der Waals surface area contributed by atoms with Crippen molar-refractivity contribution in [2.24, 2.45) is 0 Å². The predicted molar refractivity (Wildman–Crippen MR) is 556 cm³/mol. The van der Waals surface area contributed by atoms with Gasteiger partial charge < -0.3 is 67.3 Å². The second-order valence-electron chi connectivity index (χ2n) is 32.3. The number of nitriles is 1. The van der Waals surface area contributed by atoms with Crippen molar-refractivity contribution in [3.63, 3.8) is 0 Å². The number of hydrogen-bond donors (Lipinski definition) is 0. The molecule has 0 fully saturated rings. The van der Waals surface area contributed by atoms with Crippen molar-refractivity contribution < 1.29 is 37.9 Å². The van der Waals surface area contributed by atoms with E-state index in [9.17, 15) is 5.26 Å².